The van der Waals surface area contributed by atoms with Gasteiger partial charge in [-0.3, -0.25) is 4.98 Å². The number of halogens is 1. The van der Waals surface area contributed by atoms with E-state index >= 15 is 4.39 Å². The number of fused-ring (bicyclic) bond motifs is 2. The van der Waals surface area contributed by atoms with Crippen molar-refractivity contribution in [2.75, 3.05) is 0 Å². The Morgan fingerprint density at radius 3 is 1.74 bits per heavy atom. The summed E-state index contributed by atoms with van der Waals surface area (Å²) in [6, 6.07) is 36.4. The molecule has 0 unspecified atom stereocenters. The van der Waals surface area contributed by atoms with Crippen molar-refractivity contribution in [3.8, 4) is 17.2 Å². The molecule has 0 saturated heterocycles. The summed E-state index contributed by atoms with van der Waals surface area (Å²) in [4.78, 5) is 4.31. The van der Waals surface area contributed by atoms with Gasteiger partial charge in [-0.15, -0.1) is 0 Å². The van der Waals surface area contributed by atoms with Crippen LogP contribution in [-0.2, 0) is 0 Å². The second kappa shape index (κ2) is 8.74. The molecule has 2 heterocycles. The van der Waals surface area contributed by atoms with Crippen LogP contribution in [0.15, 0.2) is 116 Å². The molecule has 0 amide bonds. The molecule has 6 rings (SSSR count). The molecule has 0 bridgehead atoms. The Kier molecular flexibility index (Phi) is 5.28. The number of rotatable bonds is 3. The van der Waals surface area contributed by atoms with Gasteiger partial charge in [0.2, 0.25) is 13.4 Å². The van der Waals surface area contributed by atoms with Crippen LogP contribution in [0.1, 0.15) is 5.56 Å². The first-order chi connectivity index (χ1) is 17.3. The van der Waals surface area contributed by atoms with E-state index in [9.17, 15) is 5.26 Å². The maximum atomic E-state index is 15.0. The number of nitrogens with zero attached hydrogens (tertiary/aromatic N) is 2. The number of benzene rings is 4. The molecule has 35 heavy (non-hydrogen) atoms. The largest absolute Gasteiger partial charge is 0.263 e. The van der Waals surface area contributed by atoms with Crippen LogP contribution in [0.3, 0.4) is 0 Å². The summed E-state index contributed by atoms with van der Waals surface area (Å²) >= 11 is 0. The van der Waals surface area contributed by atoms with E-state index in [1.165, 1.54) is 22.5 Å². The van der Waals surface area contributed by atoms with Crippen molar-refractivity contribution >= 4 is 46.2 Å². The van der Waals surface area contributed by atoms with Gasteiger partial charge in [0.05, 0.1) is 5.56 Å². The fourth-order valence-electron chi connectivity index (χ4n) is 5.49. The molecule has 4 aromatic carbocycles. The third-order valence-electron chi connectivity index (χ3n) is 6.93. The first-order valence-corrected chi connectivity index (χ1v) is 11.6. The molecule has 5 aromatic rings. The third-order valence-corrected chi connectivity index (χ3v) is 6.93. The minimum absolute atomic E-state index is 0.0733. The highest BCUT2D eigenvalue weighted by Crippen LogP contribution is 2.22. The summed E-state index contributed by atoms with van der Waals surface area (Å²) in [5.41, 5.74) is 8.21. The minimum atomic E-state index is -0.329. The molecule has 0 radical (unpaired) electrons. The molecule has 5 heteroatoms. The van der Waals surface area contributed by atoms with Crippen LogP contribution in [-0.4, -0.2) is 18.4 Å². The average molecular weight is 448 g/mol. The predicted molar refractivity (Wildman–Crippen MR) is 143 cm³/mol. The van der Waals surface area contributed by atoms with E-state index in [0.717, 1.165) is 16.4 Å². The highest BCUT2D eigenvalue weighted by molar-refractivity contribution is 7.11. The van der Waals surface area contributed by atoms with Crippen molar-refractivity contribution in [2.24, 2.45) is 0 Å². The molecule has 0 atom stereocenters. The van der Waals surface area contributed by atoms with E-state index in [-0.39, 0.29) is 19.2 Å². The van der Waals surface area contributed by atoms with Crippen molar-refractivity contribution in [1.29, 1.82) is 5.26 Å². The molecule has 0 aliphatic carbocycles. The van der Waals surface area contributed by atoms with Gasteiger partial charge in [-0.05, 0) is 17.1 Å². The Morgan fingerprint density at radius 1 is 0.600 bits per heavy atom. The molecule has 162 valence electrons. The fraction of sp³-hybridized carbons (Fsp3) is 0. The van der Waals surface area contributed by atoms with Gasteiger partial charge in [-0.25, -0.2) is 4.39 Å². The third kappa shape index (κ3) is 3.47. The first kappa shape index (κ1) is 21.1. The molecule has 2 nitrogen and oxygen atoms in total. The zero-order valence-corrected chi connectivity index (χ0v) is 18.9. The molecular formula is C30H19B2FN2. The quantitative estimate of drug-likeness (QED) is 0.389. The van der Waals surface area contributed by atoms with Gasteiger partial charge in [0.15, 0.2) is 0 Å². The van der Waals surface area contributed by atoms with Gasteiger partial charge in [-0.1, -0.05) is 124 Å². The lowest BCUT2D eigenvalue weighted by molar-refractivity contribution is 0.631. The maximum absolute atomic E-state index is 15.0. The smallest absolute Gasteiger partial charge is 0.242 e. The van der Waals surface area contributed by atoms with E-state index < -0.39 is 0 Å². The standard InChI is InChI=1S/C30H19B2FN2/c33-29-17-9-4-12-23(29)24-20-35-19-21(18-34)30(24)32-27-15-7-5-13-25(27)31(22-10-2-1-3-11-22)26-14-6-8-16-28(26)32/h1-17,19-20H. The normalized spacial score (nSPS) is 12.0. The summed E-state index contributed by atoms with van der Waals surface area (Å²) < 4.78 is 15.0. The van der Waals surface area contributed by atoms with Crippen LogP contribution in [0.25, 0.3) is 11.1 Å². The van der Waals surface area contributed by atoms with E-state index in [1.807, 2.05) is 24.3 Å². The highest BCUT2D eigenvalue weighted by atomic mass is 19.1. The van der Waals surface area contributed by atoms with Crippen molar-refractivity contribution in [1.82, 2.24) is 4.98 Å². The van der Waals surface area contributed by atoms with Gasteiger partial charge in [0.25, 0.3) is 0 Å². The van der Waals surface area contributed by atoms with Gasteiger partial charge in [0, 0.05) is 18.0 Å². The van der Waals surface area contributed by atoms with Crippen molar-refractivity contribution in [3.63, 3.8) is 0 Å². The van der Waals surface area contributed by atoms with Crippen molar-refractivity contribution < 1.29 is 4.39 Å². The van der Waals surface area contributed by atoms with Gasteiger partial charge >= 0.3 is 0 Å². The molecule has 0 N–H and O–H groups in total. The van der Waals surface area contributed by atoms with Crippen LogP contribution in [0, 0.1) is 17.1 Å². The fourth-order valence-corrected chi connectivity index (χ4v) is 5.49. The highest BCUT2D eigenvalue weighted by Gasteiger charge is 2.40. The Morgan fingerprint density at radius 2 is 1.14 bits per heavy atom. The van der Waals surface area contributed by atoms with Gasteiger partial charge in [-0.2, -0.15) is 5.26 Å². The van der Waals surface area contributed by atoms with Crippen molar-refractivity contribution in [2.45, 2.75) is 0 Å². The lowest BCUT2D eigenvalue weighted by Gasteiger charge is -2.33. The van der Waals surface area contributed by atoms with Crippen LogP contribution >= 0.6 is 0 Å². The number of hydrogen-bond acceptors (Lipinski definition) is 2. The SMILES string of the molecule is N#Cc1cncc(-c2ccccc2F)c1B1c2ccccc2B(c2ccccc2)c2ccccc21. The van der Waals surface area contributed by atoms with Crippen LogP contribution in [0.2, 0.25) is 0 Å². The predicted octanol–water partition coefficient (Wildman–Crippen LogP) is 2.11. The number of aromatic nitrogens is 1. The monoisotopic (exact) mass is 448 g/mol. The summed E-state index contributed by atoms with van der Waals surface area (Å²) in [5, 5.41) is 10.1. The molecule has 0 saturated carbocycles. The summed E-state index contributed by atoms with van der Waals surface area (Å²) in [5.74, 6) is -0.329. The molecular weight excluding hydrogens is 429 g/mol. The van der Waals surface area contributed by atoms with Gasteiger partial charge < -0.3 is 0 Å². The van der Waals surface area contributed by atoms with Crippen LogP contribution < -0.4 is 32.8 Å². The van der Waals surface area contributed by atoms with Gasteiger partial charge in [0.1, 0.15) is 11.9 Å². The molecule has 1 aliphatic heterocycles. The topological polar surface area (TPSA) is 36.7 Å². The van der Waals surface area contributed by atoms with Crippen molar-refractivity contribution in [3.05, 3.63) is 127 Å². The first-order valence-electron chi connectivity index (χ1n) is 11.6. The number of hydrogen-bond donors (Lipinski definition) is 0. The van der Waals surface area contributed by atoms with E-state index in [1.54, 1.807) is 24.5 Å². The lowest BCUT2D eigenvalue weighted by Crippen LogP contribution is -2.75. The summed E-state index contributed by atoms with van der Waals surface area (Å²) in [7, 11) is 0. The minimum Gasteiger partial charge on any atom is -0.263 e. The Labute approximate surface area is 204 Å². The Hall–Kier alpha value is -4.42. The lowest BCUT2D eigenvalue weighted by atomic mass is 9.20. The summed E-state index contributed by atoms with van der Waals surface area (Å²) in [6.07, 6.45) is 3.28. The van der Waals surface area contributed by atoms with E-state index in [2.05, 4.69) is 71.7 Å². The second-order valence-electron chi connectivity index (χ2n) is 8.77. The Balaban J connectivity index is 1.69. The zero-order valence-electron chi connectivity index (χ0n) is 18.9. The number of pyridine rings is 1. The van der Waals surface area contributed by atoms with Crippen LogP contribution in [0.4, 0.5) is 4.39 Å². The average Bonchev–Trinajstić information content (AvgIpc) is 2.92. The second-order valence-corrected chi connectivity index (χ2v) is 8.77. The van der Waals surface area contributed by atoms with E-state index in [0.29, 0.717) is 16.7 Å². The molecule has 0 spiro atoms. The molecule has 1 aromatic heterocycles. The maximum Gasteiger partial charge on any atom is 0.242 e. The number of nitriles is 1. The van der Waals surface area contributed by atoms with E-state index in [4.69, 9.17) is 0 Å². The van der Waals surface area contributed by atoms with Crippen LogP contribution in [0.5, 0.6) is 0 Å². The summed E-state index contributed by atoms with van der Waals surface area (Å²) in [6.45, 7) is -0.154. The molecule has 0 fully saturated rings. The molecule has 1 aliphatic rings. The zero-order chi connectivity index (χ0) is 23.8. The Bertz CT molecular complexity index is 1550.